The van der Waals surface area contributed by atoms with E-state index in [4.69, 9.17) is 10.2 Å². The molecule has 2 aromatic rings. The Morgan fingerprint density at radius 1 is 0.781 bits per heavy atom. The summed E-state index contributed by atoms with van der Waals surface area (Å²) in [5.41, 5.74) is 2.34. The molecule has 0 aromatic heterocycles. The van der Waals surface area contributed by atoms with Crippen molar-refractivity contribution in [3.8, 4) is 0 Å². The second kappa shape index (κ2) is 9.30. The van der Waals surface area contributed by atoms with Gasteiger partial charge in [0.2, 0.25) is 0 Å². The average Bonchev–Trinajstić information content (AvgIpc) is 2.76. The molecule has 0 atom stereocenters. The molecular formula is C24H22N2O6. The number of amides is 2. The van der Waals surface area contributed by atoms with Gasteiger partial charge >= 0.3 is 18.0 Å². The van der Waals surface area contributed by atoms with Crippen LogP contribution in [0, 0.1) is 0 Å². The molecule has 1 fully saturated rings. The molecule has 0 saturated carbocycles. The summed E-state index contributed by atoms with van der Waals surface area (Å²) in [7, 11) is 3.25. The Kier molecular flexibility index (Phi) is 6.53. The highest BCUT2D eigenvalue weighted by atomic mass is 16.4. The number of Topliss-reactive ketones (excluding diaryl/α,β-unsaturated/α-hetero) is 1. The van der Waals surface area contributed by atoms with E-state index in [9.17, 15) is 19.2 Å². The number of rotatable bonds is 4. The zero-order valence-electron chi connectivity index (χ0n) is 17.6. The lowest BCUT2D eigenvalue weighted by Gasteiger charge is -2.32. The van der Waals surface area contributed by atoms with Crippen molar-refractivity contribution in [2.45, 2.75) is 0 Å². The number of hydrogen-bond donors (Lipinski definition) is 2. The van der Waals surface area contributed by atoms with Crippen LogP contribution in [0.1, 0.15) is 31.8 Å². The lowest BCUT2D eigenvalue weighted by atomic mass is 9.94. The van der Waals surface area contributed by atoms with Crippen molar-refractivity contribution >= 4 is 35.9 Å². The minimum Gasteiger partial charge on any atom is -0.478 e. The predicted molar refractivity (Wildman–Crippen MR) is 118 cm³/mol. The largest absolute Gasteiger partial charge is 0.478 e. The standard InChI is InChI=1S/C24H22N2O6/c1-25(2)24(32)26-13-19(11-15-3-7-17(8-4-15)22(28)29)21(27)20(14-26)12-16-5-9-18(10-6-16)23(30)31/h3-12H,13-14H2,1-2H3,(H,28,29)(H,30,31)/b19-11-,20-12+. The molecule has 0 unspecified atom stereocenters. The quantitative estimate of drug-likeness (QED) is 0.715. The number of carbonyl (C=O) groups excluding carboxylic acids is 2. The molecular weight excluding hydrogens is 412 g/mol. The second-order valence-corrected chi connectivity index (χ2v) is 7.56. The first-order valence-electron chi connectivity index (χ1n) is 9.74. The van der Waals surface area contributed by atoms with Gasteiger partial charge in [-0.3, -0.25) is 4.79 Å². The molecule has 32 heavy (non-hydrogen) atoms. The zero-order valence-corrected chi connectivity index (χ0v) is 17.6. The highest BCUT2D eigenvalue weighted by molar-refractivity contribution is 6.15. The van der Waals surface area contributed by atoms with Gasteiger partial charge < -0.3 is 20.0 Å². The molecule has 0 aliphatic carbocycles. The Labute approximate surface area is 184 Å². The Morgan fingerprint density at radius 3 is 1.47 bits per heavy atom. The third-order valence-electron chi connectivity index (χ3n) is 4.96. The van der Waals surface area contributed by atoms with E-state index < -0.39 is 11.9 Å². The first-order chi connectivity index (χ1) is 15.2. The van der Waals surface area contributed by atoms with Gasteiger partial charge in [-0.1, -0.05) is 24.3 Å². The zero-order chi connectivity index (χ0) is 23.4. The van der Waals surface area contributed by atoms with E-state index in [1.165, 1.54) is 34.1 Å². The molecule has 0 spiro atoms. The number of carbonyl (C=O) groups is 4. The molecule has 8 heteroatoms. The number of likely N-dealkylation sites (tertiary alicyclic amines) is 1. The van der Waals surface area contributed by atoms with Crippen LogP contribution in [0.5, 0.6) is 0 Å². The van der Waals surface area contributed by atoms with E-state index >= 15 is 0 Å². The van der Waals surface area contributed by atoms with Crippen molar-refractivity contribution in [2.24, 2.45) is 0 Å². The minimum atomic E-state index is -1.04. The van der Waals surface area contributed by atoms with Gasteiger partial charge in [-0.05, 0) is 47.5 Å². The van der Waals surface area contributed by atoms with Crippen molar-refractivity contribution in [3.63, 3.8) is 0 Å². The monoisotopic (exact) mass is 434 g/mol. The molecule has 3 rings (SSSR count). The smallest absolute Gasteiger partial charge is 0.335 e. The maximum Gasteiger partial charge on any atom is 0.335 e. The molecule has 164 valence electrons. The van der Waals surface area contributed by atoms with Crippen molar-refractivity contribution < 1.29 is 29.4 Å². The number of aromatic carboxylic acids is 2. The molecule has 1 aliphatic heterocycles. The Morgan fingerprint density at radius 2 is 1.16 bits per heavy atom. The van der Waals surface area contributed by atoms with Crippen LogP contribution >= 0.6 is 0 Å². The van der Waals surface area contributed by atoms with Gasteiger partial charge in [0, 0.05) is 25.2 Å². The first kappa shape index (κ1) is 22.5. The summed E-state index contributed by atoms with van der Waals surface area (Å²) >= 11 is 0. The van der Waals surface area contributed by atoms with Gasteiger partial charge in [0.15, 0.2) is 5.78 Å². The van der Waals surface area contributed by atoms with Crippen molar-refractivity contribution in [1.82, 2.24) is 9.80 Å². The molecule has 1 aliphatic rings. The van der Waals surface area contributed by atoms with E-state index in [2.05, 4.69) is 0 Å². The predicted octanol–water partition coefficient (Wildman–Crippen LogP) is 3.12. The molecule has 2 N–H and O–H groups in total. The first-order valence-corrected chi connectivity index (χ1v) is 9.74. The van der Waals surface area contributed by atoms with Crippen LogP contribution in [-0.4, -0.2) is 71.0 Å². The van der Waals surface area contributed by atoms with E-state index in [0.717, 1.165) is 0 Å². The molecule has 1 heterocycles. The summed E-state index contributed by atoms with van der Waals surface area (Å²) in [6.07, 6.45) is 3.29. The number of nitrogens with zero attached hydrogens (tertiary/aromatic N) is 2. The van der Waals surface area contributed by atoms with Crippen molar-refractivity contribution in [2.75, 3.05) is 27.2 Å². The van der Waals surface area contributed by atoms with E-state index in [1.807, 2.05) is 0 Å². The third-order valence-corrected chi connectivity index (χ3v) is 4.96. The van der Waals surface area contributed by atoms with Crippen molar-refractivity contribution in [3.05, 3.63) is 81.9 Å². The van der Waals surface area contributed by atoms with Gasteiger partial charge in [0.05, 0.1) is 24.2 Å². The lowest BCUT2D eigenvalue weighted by Crippen LogP contribution is -2.46. The van der Waals surface area contributed by atoms with Crippen LogP contribution < -0.4 is 0 Å². The topological polar surface area (TPSA) is 115 Å². The number of piperidine rings is 1. The van der Waals surface area contributed by atoms with Crippen LogP contribution in [0.2, 0.25) is 0 Å². The Bertz CT molecular complexity index is 1050. The van der Waals surface area contributed by atoms with E-state index in [-0.39, 0.29) is 36.0 Å². The summed E-state index contributed by atoms with van der Waals surface area (Å²) in [5, 5.41) is 18.1. The van der Waals surface area contributed by atoms with E-state index in [1.54, 1.807) is 50.5 Å². The summed E-state index contributed by atoms with van der Waals surface area (Å²) in [4.78, 5) is 50.8. The fourth-order valence-corrected chi connectivity index (χ4v) is 3.30. The fourth-order valence-electron chi connectivity index (χ4n) is 3.30. The van der Waals surface area contributed by atoms with Crippen LogP contribution in [0.25, 0.3) is 12.2 Å². The highest BCUT2D eigenvalue weighted by Gasteiger charge is 2.29. The average molecular weight is 434 g/mol. The number of hydrogen-bond acceptors (Lipinski definition) is 4. The molecule has 8 nitrogen and oxygen atoms in total. The van der Waals surface area contributed by atoms with Crippen LogP contribution in [-0.2, 0) is 4.79 Å². The summed E-state index contributed by atoms with van der Waals surface area (Å²) in [6.45, 7) is 0.234. The molecule has 0 radical (unpaired) electrons. The number of carboxylic acid groups (broad SMARTS) is 2. The number of benzene rings is 2. The van der Waals surface area contributed by atoms with Gasteiger partial charge in [-0.15, -0.1) is 0 Å². The molecule has 1 saturated heterocycles. The molecule has 2 aromatic carbocycles. The SMILES string of the molecule is CN(C)C(=O)N1C/C(=C/c2ccc(C(=O)O)cc2)C(=O)/C(=C/c2ccc(C(=O)O)cc2)C1. The summed E-state index contributed by atoms with van der Waals surface area (Å²) in [5.74, 6) is -2.31. The fraction of sp³-hybridized carbons (Fsp3) is 0.167. The van der Waals surface area contributed by atoms with Gasteiger partial charge in [-0.25, -0.2) is 14.4 Å². The Hall–Kier alpha value is -4.20. The summed E-state index contributed by atoms with van der Waals surface area (Å²) < 4.78 is 0. The number of carboxylic acids is 2. The summed E-state index contributed by atoms with van der Waals surface area (Å²) in [6, 6.07) is 12.0. The normalized spacial score (nSPS) is 16.3. The lowest BCUT2D eigenvalue weighted by molar-refractivity contribution is -0.113. The number of ketones is 1. The van der Waals surface area contributed by atoms with Crippen LogP contribution in [0.3, 0.4) is 0 Å². The third kappa shape index (κ3) is 5.10. The van der Waals surface area contributed by atoms with Gasteiger partial charge in [0.25, 0.3) is 0 Å². The molecule has 0 bridgehead atoms. The van der Waals surface area contributed by atoms with Crippen LogP contribution in [0.4, 0.5) is 4.79 Å². The maximum atomic E-state index is 13.1. The maximum absolute atomic E-state index is 13.1. The van der Waals surface area contributed by atoms with Gasteiger partial charge in [-0.2, -0.15) is 0 Å². The second-order valence-electron chi connectivity index (χ2n) is 7.56. The Balaban J connectivity index is 1.97. The molecule has 2 amide bonds. The van der Waals surface area contributed by atoms with Crippen molar-refractivity contribution in [1.29, 1.82) is 0 Å². The minimum absolute atomic E-state index is 0.117. The van der Waals surface area contributed by atoms with Crippen LogP contribution in [0.15, 0.2) is 59.7 Å². The van der Waals surface area contributed by atoms with E-state index in [0.29, 0.717) is 22.3 Å². The highest BCUT2D eigenvalue weighted by Crippen LogP contribution is 2.23. The number of urea groups is 1. The van der Waals surface area contributed by atoms with Gasteiger partial charge in [0.1, 0.15) is 0 Å².